The van der Waals surface area contributed by atoms with Crippen LogP contribution in [0.25, 0.3) is 0 Å². The van der Waals surface area contributed by atoms with E-state index < -0.39 is 23.2 Å². The molecule has 1 aromatic carbocycles. The highest BCUT2D eigenvalue weighted by Gasteiger charge is 2.28. The molecule has 1 amide bonds. The normalized spacial score (nSPS) is 13.3. The standard InChI is InChI=1S/C20H17F2N3O3/c1-12-3-2-4-14(7-12)27-11-18-24-16-5-6-25(10-17(16)28-18)20(26)19-15(22)8-13(21)9-23-19/h2-4,7-9H,5-6,10-11H2,1H3. The van der Waals surface area contributed by atoms with Crippen LogP contribution in [-0.4, -0.2) is 27.3 Å². The highest BCUT2D eigenvalue weighted by molar-refractivity contribution is 5.92. The highest BCUT2D eigenvalue weighted by Crippen LogP contribution is 2.23. The fourth-order valence-electron chi connectivity index (χ4n) is 3.06. The van der Waals surface area contributed by atoms with Crippen molar-refractivity contribution in [3.8, 4) is 5.75 Å². The van der Waals surface area contributed by atoms with E-state index in [-0.39, 0.29) is 13.2 Å². The van der Waals surface area contributed by atoms with E-state index in [0.717, 1.165) is 17.5 Å². The molecule has 8 heteroatoms. The Bertz CT molecular complexity index is 1040. The topological polar surface area (TPSA) is 68.5 Å². The van der Waals surface area contributed by atoms with Crippen LogP contribution in [0.2, 0.25) is 0 Å². The fraction of sp³-hybridized carbons (Fsp3) is 0.250. The minimum absolute atomic E-state index is 0.143. The van der Waals surface area contributed by atoms with Gasteiger partial charge in [0.25, 0.3) is 5.91 Å². The number of halogens is 2. The Balaban J connectivity index is 1.45. The first-order valence-corrected chi connectivity index (χ1v) is 8.77. The second-order valence-corrected chi connectivity index (χ2v) is 6.54. The zero-order valence-electron chi connectivity index (χ0n) is 15.1. The van der Waals surface area contributed by atoms with E-state index in [0.29, 0.717) is 36.4 Å². The van der Waals surface area contributed by atoms with Crippen LogP contribution < -0.4 is 4.74 Å². The molecule has 0 unspecified atom stereocenters. The SMILES string of the molecule is Cc1cccc(OCc2nc3c(o2)CN(C(=O)c2ncc(F)cc2F)CC3)c1. The maximum atomic E-state index is 13.8. The molecule has 0 atom stereocenters. The maximum absolute atomic E-state index is 13.8. The van der Waals surface area contributed by atoms with Gasteiger partial charge in [0, 0.05) is 19.0 Å². The quantitative estimate of drug-likeness (QED) is 0.688. The van der Waals surface area contributed by atoms with Crippen LogP contribution in [0.5, 0.6) is 5.75 Å². The summed E-state index contributed by atoms with van der Waals surface area (Å²) in [6.07, 6.45) is 1.29. The summed E-state index contributed by atoms with van der Waals surface area (Å²) < 4.78 is 38.3. The van der Waals surface area contributed by atoms with Crippen LogP contribution in [0, 0.1) is 18.6 Å². The zero-order chi connectivity index (χ0) is 19.7. The summed E-state index contributed by atoms with van der Waals surface area (Å²) >= 11 is 0. The lowest BCUT2D eigenvalue weighted by atomic mass is 10.1. The third-order valence-electron chi connectivity index (χ3n) is 4.42. The van der Waals surface area contributed by atoms with Crippen LogP contribution in [0.4, 0.5) is 8.78 Å². The number of rotatable bonds is 4. The third kappa shape index (κ3) is 3.71. The number of fused-ring (bicyclic) bond motifs is 1. The van der Waals surface area contributed by atoms with Gasteiger partial charge in [0.1, 0.15) is 17.3 Å². The van der Waals surface area contributed by atoms with Crippen molar-refractivity contribution in [3.63, 3.8) is 0 Å². The van der Waals surface area contributed by atoms with Gasteiger partial charge < -0.3 is 14.1 Å². The molecule has 0 spiro atoms. The van der Waals surface area contributed by atoms with E-state index in [1.54, 1.807) is 0 Å². The lowest BCUT2D eigenvalue weighted by molar-refractivity contribution is 0.0706. The average Bonchev–Trinajstić information content (AvgIpc) is 3.08. The van der Waals surface area contributed by atoms with Crippen molar-refractivity contribution < 1.29 is 22.7 Å². The second kappa shape index (κ2) is 7.38. The molecule has 6 nitrogen and oxygen atoms in total. The zero-order valence-corrected chi connectivity index (χ0v) is 15.1. The number of carbonyl (C=O) groups is 1. The van der Waals surface area contributed by atoms with Crippen molar-refractivity contribution in [2.75, 3.05) is 6.54 Å². The Morgan fingerprint density at radius 1 is 1.32 bits per heavy atom. The van der Waals surface area contributed by atoms with Gasteiger partial charge in [-0.25, -0.2) is 18.7 Å². The second-order valence-electron chi connectivity index (χ2n) is 6.54. The molecule has 0 N–H and O–H groups in total. The maximum Gasteiger partial charge on any atom is 0.275 e. The molecule has 0 bridgehead atoms. The molecular weight excluding hydrogens is 368 g/mol. The fourth-order valence-corrected chi connectivity index (χ4v) is 3.06. The first kappa shape index (κ1) is 18.1. The molecule has 1 aliphatic heterocycles. The van der Waals surface area contributed by atoms with E-state index in [1.165, 1.54) is 4.90 Å². The highest BCUT2D eigenvalue weighted by atomic mass is 19.1. The summed E-state index contributed by atoms with van der Waals surface area (Å²) in [6.45, 7) is 2.62. The molecule has 4 rings (SSSR count). The third-order valence-corrected chi connectivity index (χ3v) is 4.42. The summed E-state index contributed by atoms with van der Waals surface area (Å²) in [6, 6.07) is 8.28. The van der Waals surface area contributed by atoms with Crippen LogP contribution >= 0.6 is 0 Å². The number of aryl methyl sites for hydroxylation is 1. The number of ether oxygens (including phenoxy) is 1. The Kier molecular flexibility index (Phi) is 4.77. The summed E-state index contributed by atoms with van der Waals surface area (Å²) in [7, 11) is 0. The van der Waals surface area contributed by atoms with Gasteiger partial charge in [0.2, 0.25) is 5.89 Å². The lowest BCUT2D eigenvalue weighted by Crippen LogP contribution is -2.36. The largest absolute Gasteiger partial charge is 0.484 e. The van der Waals surface area contributed by atoms with E-state index >= 15 is 0 Å². The Hall–Kier alpha value is -3.29. The number of hydrogen-bond acceptors (Lipinski definition) is 5. The molecule has 1 aliphatic rings. The molecule has 0 aliphatic carbocycles. The Morgan fingerprint density at radius 3 is 2.96 bits per heavy atom. The molecule has 2 aromatic heterocycles. The van der Waals surface area contributed by atoms with Gasteiger partial charge in [0.05, 0.1) is 18.4 Å². The van der Waals surface area contributed by atoms with Crippen molar-refractivity contribution in [2.24, 2.45) is 0 Å². The minimum atomic E-state index is -0.986. The summed E-state index contributed by atoms with van der Waals surface area (Å²) in [5.41, 5.74) is 1.42. The molecule has 144 valence electrons. The Morgan fingerprint density at radius 2 is 2.18 bits per heavy atom. The molecule has 0 fully saturated rings. The number of aromatic nitrogens is 2. The van der Waals surface area contributed by atoms with Crippen molar-refractivity contribution in [1.29, 1.82) is 0 Å². The van der Waals surface area contributed by atoms with E-state index in [1.807, 2.05) is 31.2 Å². The van der Waals surface area contributed by atoms with Gasteiger partial charge in [-0.05, 0) is 24.6 Å². The van der Waals surface area contributed by atoms with Gasteiger partial charge in [-0.15, -0.1) is 0 Å². The Labute approximate surface area is 159 Å². The predicted molar refractivity (Wildman–Crippen MR) is 94.6 cm³/mol. The number of carbonyl (C=O) groups excluding carboxylic acids is 1. The van der Waals surface area contributed by atoms with Crippen LogP contribution in [-0.2, 0) is 19.6 Å². The molecule has 28 heavy (non-hydrogen) atoms. The molecule has 0 saturated heterocycles. The first-order chi connectivity index (χ1) is 13.5. The smallest absolute Gasteiger partial charge is 0.275 e. The molecule has 0 saturated carbocycles. The first-order valence-electron chi connectivity index (χ1n) is 8.77. The number of amides is 1. The lowest BCUT2D eigenvalue weighted by Gasteiger charge is -2.24. The predicted octanol–water partition coefficient (Wildman–Crippen LogP) is 3.43. The van der Waals surface area contributed by atoms with Crippen LogP contribution in [0.1, 0.15) is 33.4 Å². The van der Waals surface area contributed by atoms with Crippen molar-refractivity contribution in [3.05, 3.63) is 76.8 Å². The van der Waals surface area contributed by atoms with Gasteiger partial charge in [-0.3, -0.25) is 4.79 Å². The van der Waals surface area contributed by atoms with E-state index in [4.69, 9.17) is 9.15 Å². The molecular formula is C20H17F2N3O3. The van der Waals surface area contributed by atoms with Gasteiger partial charge in [-0.1, -0.05) is 12.1 Å². The van der Waals surface area contributed by atoms with Gasteiger partial charge >= 0.3 is 0 Å². The van der Waals surface area contributed by atoms with E-state index in [2.05, 4.69) is 9.97 Å². The molecule has 3 heterocycles. The number of pyridine rings is 1. The molecule has 3 aromatic rings. The number of hydrogen-bond donors (Lipinski definition) is 0. The average molecular weight is 385 g/mol. The monoisotopic (exact) mass is 385 g/mol. The minimum Gasteiger partial charge on any atom is -0.484 e. The number of nitrogens with zero attached hydrogens (tertiary/aromatic N) is 3. The summed E-state index contributed by atoms with van der Waals surface area (Å²) in [5, 5.41) is 0. The summed E-state index contributed by atoms with van der Waals surface area (Å²) in [5.74, 6) is -0.774. The van der Waals surface area contributed by atoms with Crippen LogP contribution in [0.15, 0.2) is 40.9 Å². The molecule has 0 radical (unpaired) electrons. The van der Waals surface area contributed by atoms with E-state index in [9.17, 15) is 13.6 Å². The number of benzene rings is 1. The van der Waals surface area contributed by atoms with Crippen molar-refractivity contribution >= 4 is 5.91 Å². The van der Waals surface area contributed by atoms with Crippen LogP contribution in [0.3, 0.4) is 0 Å². The van der Waals surface area contributed by atoms with Crippen molar-refractivity contribution in [2.45, 2.75) is 26.5 Å². The number of oxazole rings is 1. The van der Waals surface area contributed by atoms with Gasteiger partial charge in [-0.2, -0.15) is 0 Å². The van der Waals surface area contributed by atoms with Crippen molar-refractivity contribution in [1.82, 2.24) is 14.9 Å². The van der Waals surface area contributed by atoms with Gasteiger partial charge in [0.15, 0.2) is 18.1 Å². The summed E-state index contributed by atoms with van der Waals surface area (Å²) in [4.78, 5) is 21.9.